The molecule has 0 aromatic heterocycles. The average Bonchev–Trinajstić information content (AvgIpc) is 2.30. The monoisotopic (exact) mass is 328 g/mol. The molecule has 1 rings (SSSR count). The smallest absolute Gasteiger partial charge is 0.211 e. The molecule has 0 heterocycles. The van der Waals surface area contributed by atoms with Crippen molar-refractivity contribution < 1.29 is 9.47 Å². The summed E-state index contributed by atoms with van der Waals surface area (Å²) < 4.78 is 11.7. The Hall–Kier alpha value is -1.76. The van der Waals surface area contributed by atoms with Crippen molar-refractivity contribution in [3.8, 4) is 11.5 Å². The minimum atomic E-state index is -0.0981. The third kappa shape index (κ3) is 4.78. The van der Waals surface area contributed by atoms with Gasteiger partial charge >= 0.3 is 0 Å². The number of guanidine groups is 1. The van der Waals surface area contributed by atoms with Gasteiger partial charge in [-0.3, -0.25) is 0 Å². The van der Waals surface area contributed by atoms with E-state index in [4.69, 9.17) is 20.9 Å². The number of hydrogen-bond acceptors (Lipinski definition) is 4. The summed E-state index contributed by atoms with van der Waals surface area (Å²) in [6, 6.07) is 3.60. The zero-order valence-corrected chi connectivity index (χ0v) is 12.6. The highest BCUT2D eigenvalue weighted by molar-refractivity contribution is 9.10. The summed E-state index contributed by atoms with van der Waals surface area (Å²) in [6.07, 6.45) is 1.58. The average molecular weight is 329 g/mol. The van der Waals surface area contributed by atoms with Crippen molar-refractivity contribution in [2.45, 2.75) is 20.0 Å². The fourth-order valence-electron chi connectivity index (χ4n) is 1.31. The lowest BCUT2D eigenvalue weighted by Crippen LogP contribution is -2.21. The first-order valence-electron chi connectivity index (χ1n) is 5.60. The van der Waals surface area contributed by atoms with Gasteiger partial charge in [0.05, 0.1) is 19.4 Å². The lowest BCUT2D eigenvalue weighted by Gasteiger charge is -2.14. The molecule has 6 nitrogen and oxygen atoms in total. The highest BCUT2D eigenvalue weighted by Crippen LogP contribution is 2.33. The van der Waals surface area contributed by atoms with Crippen LogP contribution in [0.4, 0.5) is 0 Å². The molecule has 1 aromatic rings. The molecule has 0 spiro atoms. The summed E-state index contributed by atoms with van der Waals surface area (Å²) in [6.45, 7) is 3.89. The predicted octanol–water partition coefficient (Wildman–Crippen LogP) is 1.85. The molecule has 0 fully saturated rings. The maximum Gasteiger partial charge on any atom is 0.211 e. The molecule has 0 atom stereocenters. The van der Waals surface area contributed by atoms with Crippen molar-refractivity contribution >= 4 is 28.1 Å². The Balaban J connectivity index is 3.09. The number of halogens is 1. The van der Waals surface area contributed by atoms with Crippen molar-refractivity contribution in [3.05, 3.63) is 22.2 Å². The van der Waals surface area contributed by atoms with Gasteiger partial charge in [0.25, 0.3) is 0 Å². The fraction of sp³-hybridized carbons (Fsp3) is 0.333. The Kier molecular flexibility index (Phi) is 5.62. The Morgan fingerprint density at radius 2 is 2.00 bits per heavy atom. The molecule has 0 saturated carbocycles. The van der Waals surface area contributed by atoms with E-state index in [1.54, 1.807) is 13.2 Å². The molecule has 104 valence electrons. The first-order chi connectivity index (χ1) is 8.93. The van der Waals surface area contributed by atoms with Gasteiger partial charge in [0.15, 0.2) is 11.5 Å². The summed E-state index contributed by atoms with van der Waals surface area (Å²) >= 11 is 3.43. The number of hydrogen-bond donors (Lipinski definition) is 2. The first kappa shape index (κ1) is 15.3. The molecule has 19 heavy (non-hydrogen) atoms. The zero-order chi connectivity index (χ0) is 14.4. The van der Waals surface area contributed by atoms with Gasteiger partial charge in [-0.15, -0.1) is 5.10 Å². The van der Waals surface area contributed by atoms with E-state index in [1.165, 1.54) is 6.21 Å². The van der Waals surface area contributed by atoms with Crippen molar-refractivity contribution in [2.75, 3.05) is 7.11 Å². The normalized spacial score (nSPS) is 10.8. The number of ether oxygens (including phenoxy) is 2. The first-order valence-corrected chi connectivity index (χ1v) is 6.39. The van der Waals surface area contributed by atoms with Gasteiger partial charge in [-0.1, -0.05) is 0 Å². The van der Waals surface area contributed by atoms with E-state index in [0.717, 1.165) is 10.0 Å². The highest BCUT2D eigenvalue weighted by atomic mass is 79.9. The van der Waals surface area contributed by atoms with E-state index in [9.17, 15) is 0 Å². The molecule has 1 aromatic carbocycles. The predicted molar refractivity (Wildman–Crippen MR) is 79.9 cm³/mol. The second-order valence-corrected chi connectivity index (χ2v) is 4.81. The molecule has 0 aliphatic heterocycles. The second kappa shape index (κ2) is 6.98. The minimum Gasteiger partial charge on any atom is -0.493 e. The molecule has 7 heteroatoms. The fourth-order valence-corrected chi connectivity index (χ4v) is 1.74. The molecule has 0 aliphatic rings. The lowest BCUT2D eigenvalue weighted by atomic mass is 10.2. The van der Waals surface area contributed by atoms with Crippen LogP contribution in [0, 0.1) is 0 Å². The lowest BCUT2D eigenvalue weighted by molar-refractivity contribution is 0.230. The van der Waals surface area contributed by atoms with Crippen LogP contribution in [-0.4, -0.2) is 25.4 Å². The van der Waals surface area contributed by atoms with Crippen molar-refractivity contribution in [1.29, 1.82) is 0 Å². The largest absolute Gasteiger partial charge is 0.493 e. The van der Waals surface area contributed by atoms with E-state index >= 15 is 0 Å². The summed E-state index contributed by atoms with van der Waals surface area (Å²) in [5.41, 5.74) is 11.2. The third-order valence-corrected chi connectivity index (χ3v) is 2.70. The molecule has 0 radical (unpaired) electrons. The van der Waals surface area contributed by atoms with Crippen LogP contribution in [0.1, 0.15) is 19.4 Å². The quantitative estimate of drug-likeness (QED) is 0.490. The number of rotatable bonds is 5. The molecule has 0 amide bonds. The molecule has 0 bridgehead atoms. The van der Waals surface area contributed by atoms with Crippen LogP contribution < -0.4 is 20.9 Å². The highest BCUT2D eigenvalue weighted by Gasteiger charge is 2.10. The maximum atomic E-state index is 5.65. The van der Waals surface area contributed by atoms with Crippen molar-refractivity contribution in [2.24, 2.45) is 21.7 Å². The number of nitrogens with two attached hydrogens (primary N) is 2. The molecule has 4 N–H and O–H groups in total. The maximum absolute atomic E-state index is 5.65. The van der Waals surface area contributed by atoms with Crippen LogP contribution in [0.2, 0.25) is 0 Å². The van der Waals surface area contributed by atoms with E-state index in [0.29, 0.717) is 11.5 Å². The van der Waals surface area contributed by atoms with Gasteiger partial charge < -0.3 is 20.9 Å². The van der Waals surface area contributed by atoms with E-state index in [2.05, 4.69) is 26.1 Å². The van der Waals surface area contributed by atoms with Gasteiger partial charge in [-0.2, -0.15) is 5.10 Å². The van der Waals surface area contributed by atoms with Crippen LogP contribution >= 0.6 is 15.9 Å². The third-order valence-electron chi connectivity index (χ3n) is 2.02. The van der Waals surface area contributed by atoms with Gasteiger partial charge in [0, 0.05) is 10.0 Å². The van der Waals surface area contributed by atoms with E-state index in [-0.39, 0.29) is 12.1 Å². The van der Waals surface area contributed by atoms with Gasteiger partial charge in [0.2, 0.25) is 5.96 Å². The Labute approximate surface area is 120 Å². The minimum absolute atomic E-state index is 0.0574. The summed E-state index contributed by atoms with van der Waals surface area (Å²) in [7, 11) is 1.58. The molecular weight excluding hydrogens is 312 g/mol. The molecule has 0 unspecified atom stereocenters. The van der Waals surface area contributed by atoms with Gasteiger partial charge in [-0.05, 0) is 41.9 Å². The standard InChI is InChI=1S/C12H17BrN4O2/c1-7(2)19-11-5-9(13)8(4-10(11)18-3)6-16-17-12(14)15/h4-7H,1-3H3,(H4,14,15,17). The van der Waals surface area contributed by atoms with Crippen molar-refractivity contribution in [3.63, 3.8) is 0 Å². The Morgan fingerprint density at radius 1 is 1.32 bits per heavy atom. The van der Waals surface area contributed by atoms with Gasteiger partial charge in [0.1, 0.15) is 0 Å². The zero-order valence-electron chi connectivity index (χ0n) is 11.1. The van der Waals surface area contributed by atoms with E-state index in [1.807, 2.05) is 19.9 Å². The second-order valence-electron chi connectivity index (χ2n) is 3.96. The van der Waals surface area contributed by atoms with Crippen LogP contribution in [0.25, 0.3) is 0 Å². The molecular formula is C12H17BrN4O2. The van der Waals surface area contributed by atoms with Crippen molar-refractivity contribution in [1.82, 2.24) is 0 Å². The van der Waals surface area contributed by atoms with E-state index < -0.39 is 0 Å². The molecule has 0 saturated heterocycles. The Bertz CT molecular complexity index is 497. The van der Waals surface area contributed by atoms with Crippen LogP contribution in [-0.2, 0) is 0 Å². The number of nitrogens with zero attached hydrogens (tertiary/aromatic N) is 2. The van der Waals surface area contributed by atoms with Crippen LogP contribution in [0.3, 0.4) is 0 Å². The van der Waals surface area contributed by atoms with Crippen LogP contribution in [0.5, 0.6) is 11.5 Å². The molecule has 0 aliphatic carbocycles. The number of methoxy groups -OCH3 is 1. The topological polar surface area (TPSA) is 95.2 Å². The summed E-state index contributed by atoms with van der Waals surface area (Å²) in [5, 5.41) is 7.29. The summed E-state index contributed by atoms with van der Waals surface area (Å²) in [5.74, 6) is 1.17. The van der Waals surface area contributed by atoms with Crippen LogP contribution in [0.15, 0.2) is 26.8 Å². The number of benzene rings is 1. The Morgan fingerprint density at radius 3 is 2.53 bits per heavy atom. The SMILES string of the molecule is COc1cc(C=NN=C(N)N)c(Br)cc1OC(C)C. The summed E-state index contributed by atoms with van der Waals surface area (Å²) in [4.78, 5) is 0. The van der Waals surface area contributed by atoms with Gasteiger partial charge in [-0.25, -0.2) is 0 Å².